The molecule has 0 aromatic heterocycles. The molecule has 0 unspecified atom stereocenters. The van der Waals surface area contributed by atoms with Gasteiger partial charge in [0, 0.05) is 19.8 Å². The van der Waals surface area contributed by atoms with Gasteiger partial charge in [-0.1, -0.05) is 36.1 Å². The lowest BCUT2D eigenvalue weighted by molar-refractivity contribution is -0.113. The van der Waals surface area contributed by atoms with Crippen molar-refractivity contribution in [3.05, 3.63) is 58.5 Å². The Labute approximate surface area is 165 Å². The number of aromatic carboxylic acids is 1. The van der Waals surface area contributed by atoms with Gasteiger partial charge in [-0.3, -0.25) is 9.69 Å². The van der Waals surface area contributed by atoms with Crippen LogP contribution in [0, 0.1) is 0 Å². The summed E-state index contributed by atoms with van der Waals surface area (Å²) in [6, 6.07) is 11.6. The topological polar surface area (TPSA) is 81.1 Å². The minimum absolute atomic E-state index is 0.287. The molecule has 0 spiro atoms. The van der Waals surface area contributed by atoms with Crippen molar-refractivity contribution in [1.82, 2.24) is 0 Å². The van der Waals surface area contributed by atoms with Crippen molar-refractivity contribution in [3.63, 3.8) is 0 Å². The number of rotatable bonds is 4. The summed E-state index contributed by atoms with van der Waals surface area (Å²) in [5.41, 5.74) is 1.92. The highest BCUT2D eigenvalue weighted by Gasteiger charge is 2.33. The molecule has 1 amide bonds. The largest absolute Gasteiger partial charge is 0.507 e. The molecule has 8 heteroatoms. The number of thioether (sulfide) groups is 1. The first kappa shape index (κ1) is 18.9. The van der Waals surface area contributed by atoms with Gasteiger partial charge in [0.05, 0.1) is 10.6 Å². The summed E-state index contributed by atoms with van der Waals surface area (Å²) < 4.78 is 0.304. The van der Waals surface area contributed by atoms with Gasteiger partial charge in [-0.15, -0.1) is 0 Å². The SMILES string of the molecule is CN(C)c1ccc(/C=C2/SC(=S)N(c3ccc(O)c(C(=O)O)c3)C2=O)cc1. The van der Waals surface area contributed by atoms with Crippen molar-refractivity contribution < 1.29 is 19.8 Å². The van der Waals surface area contributed by atoms with E-state index in [1.807, 2.05) is 43.3 Å². The zero-order valence-corrected chi connectivity index (χ0v) is 16.2. The van der Waals surface area contributed by atoms with Crippen LogP contribution >= 0.6 is 24.0 Å². The third kappa shape index (κ3) is 3.81. The van der Waals surface area contributed by atoms with Crippen LogP contribution in [0.15, 0.2) is 47.4 Å². The number of nitrogens with zero attached hydrogens (tertiary/aromatic N) is 2. The van der Waals surface area contributed by atoms with Gasteiger partial charge in [0.25, 0.3) is 5.91 Å². The molecule has 2 aromatic carbocycles. The molecule has 1 heterocycles. The molecule has 0 atom stereocenters. The number of phenols is 1. The molecular formula is C19H16N2O4S2. The molecule has 1 aliphatic heterocycles. The number of hydrogen-bond acceptors (Lipinski definition) is 6. The number of carbonyl (C=O) groups is 2. The Kier molecular flexibility index (Phi) is 5.20. The van der Waals surface area contributed by atoms with Crippen LogP contribution in [0.1, 0.15) is 15.9 Å². The summed E-state index contributed by atoms with van der Waals surface area (Å²) >= 11 is 6.45. The number of thiocarbonyl (C=S) groups is 1. The Morgan fingerprint density at radius 2 is 1.85 bits per heavy atom. The fourth-order valence-corrected chi connectivity index (χ4v) is 3.84. The molecule has 1 saturated heterocycles. The van der Waals surface area contributed by atoms with E-state index in [1.54, 1.807) is 6.08 Å². The molecular weight excluding hydrogens is 384 g/mol. The molecule has 0 aliphatic carbocycles. The van der Waals surface area contributed by atoms with Gasteiger partial charge in [0.2, 0.25) is 0 Å². The lowest BCUT2D eigenvalue weighted by Gasteiger charge is -2.15. The molecule has 3 rings (SSSR count). The Morgan fingerprint density at radius 1 is 1.19 bits per heavy atom. The van der Waals surface area contributed by atoms with Gasteiger partial charge in [0.1, 0.15) is 11.3 Å². The van der Waals surface area contributed by atoms with Crippen LogP contribution < -0.4 is 9.80 Å². The second-order valence-electron chi connectivity index (χ2n) is 6.01. The molecule has 1 aliphatic rings. The van der Waals surface area contributed by atoms with E-state index in [4.69, 9.17) is 17.3 Å². The Morgan fingerprint density at radius 3 is 2.44 bits per heavy atom. The first-order valence-corrected chi connectivity index (χ1v) is 9.12. The van der Waals surface area contributed by atoms with Crippen molar-refractivity contribution in [2.45, 2.75) is 0 Å². The summed E-state index contributed by atoms with van der Waals surface area (Å²) in [5, 5.41) is 18.8. The van der Waals surface area contributed by atoms with Crippen molar-refractivity contribution in [2.75, 3.05) is 23.9 Å². The number of carboxylic acids is 1. The van der Waals surface area contributed by atoms with E-state index in [0.717, 1.165) is 23.0 Å². The van der Waals surface area contributed by atoms with Gasteiger partial charge >= 0.3 is 5.97 Å². The normalized spacial score (nSPS) is 15.5. The smallest absolute Gasteiger partial charge is 0.339 e. The maximum atomic E-state index is 12.8. The number of carbonyl (C=O) groups excluding carboxylic acids is 1. The third-order valence-corrected chi connectivity index (χ3v) is 5.27. The quantitative estimate of drug-likeness (QED) is 0.600. The molecule has 6 nitrogen and oxygen atoms in total. The fraction of sp³-hybridized carbons (Fsp3) is 0.105. The summed E-state index contributed by atoms with van der Waals surface area (Å²) in [4.78, 5) is 27.7. The monoisotopic (exact) mass is 400 g/mol. The number of benzene rings is 2. The van der Waals surface area contributed by atoms with Gasteiger partial charge in [-0.25, -0.2) is 4.79 Å². The maximum Gasteiger partial charge on any atom is 0.339 e. The minimum Gasteiger partial charge on any atom is -0.507 e. The molecule has 2 aromatic rings. The number of anilines is 2. The predicted molar refractivity (Wildman–Crippen MR) is 111 cm³/mol. The Bertz CT molecular complexity index is 968. The Balaban J connectivity index is 1.91. The molecule has 2 N–H and O–H groups in total. The number of hydrogen-bond donors (Lipinski definition) is 2. The van der Waals surface area contributed by atoms with E-state index in [1.165, 1.54) is 23.1 Å². The third-order valence-electron chi connectivity index (χ3n) is 3.97. The number of amides is 1. The highest BCUT2D eigenvalue weighted by atomic mass is 32.2. The first-order chi connectivity index (χ1) is 12.8. The predicted octanol–water partition coefficient (Wildman–Crippen LogP) is 3.56. The van der Waals surface area contributed by atoms with Crippen LogP contribution in [-0.2, 0) is 4.79 Å². The van der Waals surface area contributed by atoms with Crippen LogP contribution in [0.25, 0.3) is 6.08 Å². The highest BCUT2D eigenvalue weighted by Crippen LogP contribution is 2.37. The van der Waals surface area contributed by atoms with Crippen molar-refractivity contribution in [1.29, 1.82) is 0 Å². The van der Waals surface area contributed by atoms with E-state index in [0.29, 0.717) is 14.9 Å². The maximum absolute atomic E-state index is 12.8. The molecule has 0 radical (unpaired) electrons. The average molecular weight is 400 g/mol. The number of carboxylic acid groups (broad SMARTS) is 1. The number of aromatic hydroxyl groups is 1. The minimum atomic E-state index is -1.28. The van der Waals surface area contributed by atoms with Crippen LogP contribution in [0.4, 0.5) is 11.4 Å². The lowest BCUT2D eigenvalue weighted by atomic mass is 10.1. The van der Waals surface area contributed by atoms with Crippen LogP contribution in [0.2, 0.25) is 0 Å². The van der Waals surface area contributed by atoms with Crippen molar-refractivity contribution >= 4 is 57.6 Å². The van der Waals surface area contributed by atoms with Crippen LogP contribution in [-0.4, -0.2) is 40.5 Å². The second-order valence-corrected chi connectivity index (χ2v) is 7.69. The van der Waals surface area contributed by atoms with Crippen LogP contribution in [0.5, 0.6) is 5.75 Å². The van der Waals surface area contributed by atoms with E-state index in [-0.39, 0.29) is 17.2 Å². The zero-order valence-electron chi connectivity index (χ0n) is 14.5. The second kappa shape index (κ2) is 7.42. The first-order valence-electron chi connectivity index (χ1n) is 7.89. The lowest BCUT2D eigenvalue weighted by Crippen LogP contribution is -2.27. The van der Waals surface area contributed by atoms with Crippen molar-refractivity contribution in [2.24, 2.45) is 0 Å². The summed E-state index contributed by atoms with van der Waals surface area (Å²) in [5.74, 6) is -1.98. The van der Waals surface area contributed by atoms with Crippen molar-refractivity contribution in [3.8, 4) is 5.75 Å². The molecule has 138 valence electrons. The van der Waals surface area contributed by atoms with E-state index < -0.39 is 5.97 Å². The van der Waals surface area contributed by atoms with E-state index >= 15 is 0 Å². The van der Waals surface area contributed by atoms with Gasteiger partial charge in [-0.2, -0.15) is 0 Å². The zero-order chi connectivity index (χ0) is 19.7. The van der Waals surface area contributed by atoms with E-state index in [2.05, 4.69) is 0 Å². The van der Waals surface area contributed by atoms with Crippen LogP contribution in [0.3, 0.4) is 0 Å². The summed E-state index contributed by atoms with van der Waals surface area (Å²) in [7, 11) is 3.90. The molecule has 1 fully saturated rings. The molecule has 27 heavy (non-hydrogen) atoms. The Hall–Kier alpha value is -2.84. The standard InChI is InChI=1S/C19H16N2O4S2/c1-20(2)12-5-3-11(4-6-12)9-16-17(23)21(19(26)27-16)13-7-8-15(22)14(10-13)18(24)25/h3-10,22H,1-2H3,(H,24,25)/b16-9+. The van der Waals surface area contributed by atoms with Gasteiger partial charge in [-0.05, 0) is 42.0 Å². The van der Waals surface area contributed by atoms with Gasteiger partial charge in [0.15, 0.2) is 4.32 Å². The summed E-state index contributed by atoms with van der Waals surface area (Å²) in [6.07, 6.45) is 1.75. The fourth-order valence-electron chi connectivity index (χ4n) is 2.54. The van der Waals surface area contributed by atoms with E-state index in [9.17, 15) is 14.7 Å². The molecule has 0 bridgehead atoms. The highest BCUT2D eigenvalue weighted by molar-refractivity contribution is 8.27. The average Bonchev–Trinajstić information content (AvgIpc) is 2.89. The van der Waals surface area contributed by atoms with Gasteiger partial charge < -0.3 is 15.1 Å². The molecule has 0 saturated carbocycles. The summed E-state index contributed by atoms with van der Waals surface area (Å²) in [6.45, 7) is 0.